The molecule has 2 N–H and O–H groups in total. The van der Waals surface area contributed by atoms with Crippen LogP contribution in [0.2, 0.25) is 0 Å². The van der Waals surface area contributed by atoms with E-state index in [1.54, 1.807) is 7.05 Å². The third-order valence-corrected chi connectivity index (χ3v) is 3.40. The van der Waals surface area contributed by atoms with E-state index in [2.05, 4.69) is 4.98 Å². The monoisotopic (exact) mass is 282 g/mol. The molecule has 0 aliphatic heterocycles. The lowest BCUT2D eigenvalue weighted by Crippen LogP contribution is -2.38. The largest absolute Gasteiger partial charge is 0.383 e. The molecule has 1 aromatic carbocycles. The van der Waals surface area contributed by atoms with E-state index in [9.17, 15) is 9.59 Å². The molecule has 0 fully saturated rings. The van der Waals surface area contributed by atoms with Crippen LogP contribution in [0.25, 0.3) is 10.9 Å². The maximum atomic E-state index is 12.0. The highest BCUT2D eigenvalue weighted by atomic mass is 16.2. The summed E-state index contributed by atoms with van der Waals surface area (Å²) < 4.78 is 2.49. The molecule has 0 radical (unpaired) electrons. The van der Waals surface area contributed by atoms with Gasteiger partial charge in [-0.25, -0.2) is 9.78 Å². The zero-order valence-electron chi connectivity index (χ0n) is 11.5. The highest BCUT2D eigenvalue weighted by Gasteiger charge is 2.08. The summed E-state index contributed by atoms with van der Waals surface area (Å²) in [5.41, 5.74) is 6.64. The lowest BCUT2D eigenvalue weighted by atomic mass is 10.1. The van der Waals surface area contributed by atoms with E-state index in [4.69, 9.17) is 5.73 Å². The fourth-order valence-electron chi connectivity index (χ4n) is 2.23. The van der Waals surface area contributed by atoms with E-state index in [0.29, 0.717) is 11.4 Å². The van der Waals surface area contributed by atoms with Crippen LogP contribution in [0.15, 0.2) is 52.2 Å². The molecule has 0 unspecified atom stereocenters. The van der Waals surface area contributed by atoms with Crippen molar-refractivity contribution in [1.82, 2.24) is 14.1 Å². The minimum absolute atomic E-state index is 0.107. The van der Waals surface area contributed by atoms with E-state index >= 15 is 0 Å². The van der Waals surface area contributed by atoms with Gasteiger partial charge in [-0.1, -0.05) is 18.2 Å². The highest BCUT2D eigenvalue weighted by Crippen LogP contribution is 2.18. The van der Waals surface area contributed by atoms with Gasteiger partial charge in [0, 0.05) is 30.3 Å². The fourth-order valence-corrected chi connectivity index (χ4v) is 2.23. The average molecular weight is 282 g/mol. The predicted octanol–water partition coefficient (Wildman–Crippen LogP) is 0.726. The number of fused-ring (bicyclic) bond motifs is 1. The maximum absolute atomic E-state index is 12.0. The van der Waals surface area contributed by atoms with E-state index < -0.39 is 0 Å². The van der Waals surface area contributed by atoms with E-state index in [-0.39, 0.29) is 17.8 Å². The number of para-hydroxylation sites is 1. The van der Waals surface area contributed by atoms with Crippen LogP contribution in [0.3, 0.4) is 0 Å². The molecule has 0 spiro atoms. The normalized spacial score (nSPS) is 10.9. The van der Waals surface area contributed by atoms with Crippen molar-refractivity contribution in [3.8, 4) is 0 Å². The number of aryl methyl sites for hydroxylation is 1. The Morgan fingerprint density at radius 3 is 2.76 bits per heavy atom. The Kier molecular flexibility index (Phi) is 3.06. The standard InChI is InChI=1S/C15H14N4O2/c1-18-7-6-13(20)19(15(18)21)9-11-8-10-4-2-3-5-12(10)17-14(11)16/h2-8H,9H2,1H3,(H2,16,17). The van der Waals surface area contributed by atoms with Crippen LogP contribution in [0.4, 0.5) is 5.82 Å². The van der Waals surface area contributed by atoms with Crippen molar-refractivity contribution >= 4 is 16.7 Å². The van der Waals surface area contributed by atoms with Gasteiger partial charge in [-0.2, -0.15) is 0 Å². The third-order valence-electron chi connectivity index (χ3n) is 3.40. The first-order chi connectivity index (χ1) is 10.1. The summed E-state index contributed by atoms with van der Waals surface area (Å²) in [6, 6.07) is 10.8. The first-order valence-electron chi connectivity index (χ1n) is 6.47. The van der Waals surface area contributed by atoms with Crippen LogP contribution in [0.1, 0.15) is 5.56 Å². The average Bonchev–Trinajstić information content (AvgIpc) is 2.48. The van der Waals surface area contributed by atoms with Crippen molar-refractivity contribution in [2.24, 2.45) is 7.05 Å². The summed E-state index contributed by atoms with van der Waals surface area (Å²) in [4.78, 5) is 28.2. The second kappa shape index (κ2) is 4.90. The minimum atomic E-state index is -0.380. The predicted molar refractivity (Wildman–Crippen MR) is 81.2 cm³/mol. The molecule has 21 heavy (non-hydrogen) atoms. The molecule has 2 heterocycles. The number of nitrogens with zero attached hydrogens (tertiary/aromatic N) is 3. The zero-order chi connectivity index (χ0) is 15.0. The topological polar surface area (TPSA) is 82.9 Å². The Labute approximate surface area is 120 Å². The fraction of sp³-hybridized carbons (Fsp3) is 0.133. The van der Waals surface area contributed by atoms with Crippen LogP contribution >= 0.6 is 0 Å². The SMILES string of the molecule is Cn1ccc(=O)n(Cc2cc3ccccc3nc2N)c1=O. The van der Waals surface area contributed by atoms with Gasteiger partial charge in [0.05, 0.1) is 12.1 Å². The van der Waals surface area contributed by atoms with E-state index in [0.717, 1.165) is 15.5 Å². The molecule has 2 aromatic heterocycles. The van der Waals surface area contributed by atoms with Gasteiger partial charge >= 0.3 is 5.69 Å². The van der Waals surface area contributed by atoms with Gasteiger partial charge in [-0.05, 0) is 12.1 Å². The van der Waals surface area contributed by atoms with Crippen LogP contribution in [0, 0.1) is 0 Å². The van der Waals surface area contributed by atoms with Gasteiger partial charge in [-0.3, -0.25) is 9.36 Å². The number of rotatable bonds is 2. The summed E-state index contributed by atoms with van der Waals surface area (Å²) in [7, 11) is 1.60. The van der Waals surface area contributed by atoms with Crippen LogP contribution in [0.5, 0.6) is 0 Å². The minimum Gasteiger partial charge on any atom is -0.383 e. The molecule has 0 aliphatic carbocycles. The Balaban J connectivity index is 2.15. The molecular formula is C15H14N4O2. The number of nitrogen functional groups attached to an aromatic ring is 1. The van der Waals surface area contributed by atoms with Gasteiger partial charge in [-0.15, -0.1) is 0 Å². The van der Waals surface area contributed by atoms with Gasteiger partial charge in [0.15, 0.2) is 0 Å². The molecule has 3 rings (SSSR count). The Morgan fingerprint density at radius 2 is 1.95 bits per heavy atom. The quantitative estimate of drug-likeness (QED) is 0.751. The second-order valence-corrected chi connectivity index (χ2v) is 4.86. The summed E-state index contributed by atoms with van der Waals surface area (Å²) in [5, 5.41) is 0.919. The van der Waals surface area contributed by atoms with Crippen molar-refractivity contribution in [2.75, 3.05) is 5.73 Å². The lowest BCUT2D eigenvalue weighted by Gasteiger charge is -2.09. The molecule has 6 nitrogen and oxygen atoms in total. The Hall–Kier alpha value is -2.89. The van der Waals surface area contributed by atoms with Crippen molar-refractivity contribution < 1.29 is 0 Å². The first kappa shape index (κ1) is 13.1. The molecule has 106 valence electrons. The Bertz CT molecular complexity index is 940. The third kappa shape index (κ3) is 2.31. The molecule has 0 bridgehead atoms. The molecule has 3 aromatic rings. The van der Waals surface area contributed by atoms with Gasteiger partial charge in [0.2, 0.25) is 0 Å². The number of pyridine rings is 1. The second-order valence-electron chi connectivity index (χ2n) is 4.86. The smallest absolute Gasteiger partial charge is 0.331 e. The van der Waals surface area contributed by atoms with Crippen LogP contribution in [-0.2, 0) is 13.6 Å². The van der Waals surface area contributed by atoms with Gasteiger partial charge < -0.3 is 10.3 Å². The van der Waals surface area contributed by atoms with Crippen molar-refractivity contribution in [3.63, 3.8) is 0 Å². The number of aromatic nitrogens is 3. The number of nitrogens with two attached hydrogens (primary N) is 1. The van der Waals surface area contributed by atoms with Gasteiger partial charge in [0.25, 0.3) is 5.56 Å². The molecule has 0 atom stereocenters. The van der Waals surface area contributed by atoms with Crippen LogP contribution < -0.4 is 17.0 Å². The highest BCUT2D eigenvalue weighted by molar-refractivity contribution is 5.81. The van der Waals surface area contributed by atoms with E-state index in [1.807, 2.05) is 30.3 Å². The Morgan fingerprint density at radius 1 is 1.19 bits per heavy atom. The van der Waals surface area contributed by atoms with Crippen molar-refractivity contribution in [2.45, 2.75) is 6.54 Å². The molecule has 0 saturated heterocycles. The number of hydrogen-bond donors (Lipinski definition) is 1. The first-order valence-corrected chi connectivity index (χ1v) is 6.47. The summed E-state index contributed by atoms with van der Waals surface area (Å²) in [6.45, 7) is 0.107. The number of anilines is 1. The van der Waals surface area contributed by atoms with Gasteiger partial charge in [0.1, 0.15) is 5.82 Å². The molecule has 0 amide bonds. The number of benzene rings is 1. The zero-order valence-corrected chi connectivity index (χ0v) is 11.5. The number of hydrogen-bond acceptors (Lipinski definition) is 4. The van der Waals surface area contributed by atoms with Crippen LogP contribution in [-0.4, -0.2) is 14.1 Å². The lowest BCUT2D eigenvalue weighted by molar-refractivity contribution is 0.640. The van der Waals surface area contributed by atoms with Crippen molar-refractivity contribution in [1.29, 1.82) is 0 Å². The summed E-state index contributed by atoms with van der Waals surface area (Å²) in [6.07, 6.45) is 1.45. The van der Waals surface area contributed by atoms with E-state index in [1.165, 1.54) is 16.8 Å². The molecule has 0 aliphatic rings. The molecular weight excluding hydrogens is 268 g/mol. The maximum Gasteiger partial charge on any atom is 0.331 e. The molecule has 6 heteroatoms. The molecule has 0 saturated carbocycles. The summed E-state index contributed by atoms with van der Waals surface area (Å²) >= 11 is 0. The summed E-state index contributed by atoms with van der Waals surface area (Å²) in [5.74, 6) is 0.325. The van der Waals surface area contributed by atoms with Crippen molar-refractivity contribution in [3.05, 3.63) is 69.0 Å².